The van der Waals surface area contributed by atoms with Crippen molar-refractivity contribution < 1.29 is 0 Å². The summed E-state index contributed by atoms with van der Waals surface area (Å²) in [6.07, 6.45) is 0.981. The zero-order chi connectivity index (χ0) is 21.8. The molecule has 31 heavy (non-hydrogen) atoms. The van der Waals surface area contributed by atoms with Crippen LogP contribution in [0.3, 0.4) is 0 Å². The Morgan fingerprint density at radius 2 is 1.84 bits per heavy atom. The molecule has 3 aromatic carbocycles. The van der Waals surface area contributed by atoms with Gasteiger partial charge in [-0.05, 0) is 55.5 Å². The van der Waals surface area contributed by atoms with Gasteiger partial charge in [0.1, 0.15) is 0 Å². The highest BCUT2D eigenvalue weighted by Crippen LogP contribution is 2.44. The Labute approximate surface area is 189 Å². The number of hydrogen-bond acceptors (Lipinski definition) is 4. The lowest BCUT2D eigenvalue weighted by molar-refractivity contribution is 1.14. The maximum Gasteiger partial charge on any atom is 0.0856 e. The lowest BCUT2D eigenvalue weighted by Crippen LogP contribution is -2.12. The van der Waals surface area contributed by atoms with Gasteiger partial charge in [-0.25, -0.2) is 0 Å². The van der Waals surface area contributed by atoms with Crippen LogP contribution in [0.4, 0.5) is 17.1 Å². The number of rotatable bonds is 7. The maximum absolute atomic E-state index is 4.33. The zero-order valence-corrected chi connectivity index (χ0v) is 18.9. The first-order valence-corrected chi connectivity index (χ1v) is 11.4. The quantitative estimate of drug-likeness (QED) is 0.306. The Morgan fingerprint density at radius 1 is 1.03 bits per heavy atom. The lowest BCUT2D eigenvalue weighted by atomic mass is 9.92. The number of benzene rings is 3. The number of nitrogens with zero attached hydrogens (tertiary/aromatic N) is 1. The van der Waals surface area contributed by atoms with Crippen LogP contribution in [0.1, 0.15) is 29.2 Å². The third kappa shape index (κ3) is 4.44. The molecular formula is C27H27N3S. The second-order valence-corrected chi connectivity index (χ2v) is 8.54. The minimum Gasteiger partial charge on any atom is -0.374 e. The van der Waals surface area contributed by atoms with Gasteiger partial charge in [0.15, 0.2) is 0 Å². The van der Waals surface area contributed by atoms with E-state index in [9.17, 15) is 0 Å². The topological polar surface area (TPSA) is 36.4 Å². The molecule has 0 fully saturated rings. The average molecular weight is 426 g/mol. The summed E-state index contributed by atoms with van der Waals surface area (Å²) in [5.41, 5.74) is 10.0. The van der Waals surface area contributed by atoms with Gasteiger partial charge >= 0.3 is 0 Å². The first-order chi connectivity index (χ1) is 15.1. The summed E-state index contributed by atoms with van der Waals surface area (Å²) in [7, 11) is 0. The van der Waals surface area contributed by atoms with Crippen LogP contribution in [0.25, 0.3) is 5.57 Å². The predicted molar refractivity (Wildman–Crippen MR) is 138 cm³/mol. The highest BCUT2D eigenvalue weighted by Gasteiger charge is 2.23. The molecule has 1 aliphatic rings. The fourth-order valence-electron chi connectivity index (χ4n) is 3.78. The molecule has 0 unspecified atom stereocenters. The SMILES string of the molecule is C=Nc1cc(CC)ccc1NCSC1=C(c2ccccc2)c2cc(C)ccc2NC1=C. The highest BCUT2D eigenvalue weighted by molar-refractivity contribution is 8.03. The summed E-state index contributed by atoms with van der Waals surface area (Å²) < 4.78 is 0. The van der Waals surface area contributed by atoms with Gasteiger partial charge in [0.05, 0.1) is 17.3 Å². The Balaban J connectivity index is 1.67. The van der Waals surface area contributed by atoms with Crippen molar-refractivity contribution in [2.24, 2.45) is 4.99 Å². The van der Waals surface area contributed by atoms with E-state index < -0.39 is 0 Å². The average Bonchev–Trinajstić information content (AvgIpc) is 2.80. The van der Waals surface area contributed by atoms with E-state index in [-0.39, 0.29) is 0 Å². The van der Waals surface area contributed by atoms with Gasteiger partial charge in [0, 0.05) is 27.4 Å². The fourth-order valence-corrected chi connectivity index (χ4v) is 4.75. The number of aliphatic imine (C=N–C) groups is 1. The summed E-state index contributed by atoms with van der Waals surface area (Å²) in [6.45, 7) is 12.3. The zero-order valence-electron chi connectivity index (χ0n) is 18.0. The van der Waals surface area contributed by atoms with Crippen molar-refractivity contribution in [2.75, 3.05) is 16.5 Å². The predicted octanol–water partition coefficient (Wildman–Crippen LogP) is 7.39. The van der Waals surface area contributed by atoms with E-state index in [1.165, 1.54) is 27.8 Å². The Kier molecular flexibility index (Phi) is 6.28. The largest absolute Gasteiger partial charge is 0.374 e. The van der Waals surface area contributed by atoms with Crippen molar-refractivity contribution in [3.63, 3.8) is 0 Å². The molecule has 0 spiro atoms. The third-order valence-electron chi connectivity index (χ3n) is 5.41. The minimum atomic E-state index is 0.696. The van der Waals surface area contributed by atoms with Crippen molar-refractivity contribution in [1.29, 1.82) is 0 Å². The molecule has 0 aromatic heterocycles. The molecule has 3 aromatic rings. The number of anilines is 2. The number of fused-ring (bicyclic) bond motifs is 1. The van der Waals surface area contributed by atoms with Crippen molar-refractivity contribution in [3.8, 4) is 0 Å². The minimum absolute atomic E-state index is 0.696. The second-order valence-electron chi connectivity index (χ2n) is 7.55. The van der Waals surface area contributed by atoms with Gasteiger partial charge in [-0.3, -0.25) is 4.99 Å². The van der Waals surface area contributed by atoms with E-state index in [4.69, 9.17) is 0 Å². The fraction of sp³-hybridized carbons (Fsp3) is 0.148. The summed E-state index contributed by atoms with van der Waals surface area (Å²) in [5.74, 6) is 0.696. The molecular weight excluding hydrogens is 398 g/mol. The molecule has 0 saturated carbocycles. The van der Waals surface area contributed by atoms with E-state index in [0.29, 0.717) is 5.88 Å². The molecule has 1 aliphatic heterocycles. The molecule has 1 heterocycles. The molecule has 156 valence electrons. The van der Waals surface area contributed by atoms with Crippen LogP contribution >= 0.6 is 11.8 Å². The molecule has 4 rings (SSSR count). The molecule has 0 saturated heterocycles. The van der Waals surface area contributed by atoms with Gasteiger partial charge in [-0.2, -0.15) is 0 Å². The second kappa shape index (κ2) is 9.27. The van der Waals surface area contributed by atoms with Crippen LogP contribution < -0.4 is 10.6 Å². The summed E-state index contributed by atoms with van der Waals surface area (Å²) in [4.78, 5) is 5.35. The van der Waals surface area contributed by atoms with Crippen LogP contribution in [-0.4, -0.2) is 12.6 Å². The van der Waals surface area contributed by atoms with E-state index in [0.717, 1.165) is 34.1 Å². The molecule has 0 amide bonds. The smallest absolute Gasteiger partial charge is 0.0856 e. The van der Waals surface area contributed by atoms with Crippen molar-refractivity contribution in [2.45, 2.75) is 20.3 Å². The third-order valence-corrected chi connectivity index (χ3v) is 6.44. The van der Waals surface area contributed by atoms with Gasteiger partial charge in [-0.1, -0.05) is 61.5 Å². The van der Waals surface area contributed by atoms with Crippen LogP contribution in [0.15, 0.2) is 88.9 Å². The summed E-state index contributed by atoms with van der Waals surface area (Å²) in [5, 5.41) is 7.01. The van der Waals surface area contributed by atoms with Gasteiger partial charge in [0.2, 0.25) is 0 Å². The van der Waals surface area contributed by atoms with Gasteiger partial charge in [0.25, 0.3) is 0 Å². The van der Waals surface area contributed by atoms with E-state index in [1.54, 1.807) is 11.8 Å². The van der Waals surface area contributed by atoms with E-state index in [1.807, 2.05) is 0 Å². The molecule has 0 aliphatic carbocycles. The molecule has 0 atom stereocenters. The summed E-state index contributed by atoms with van der Waals surface area (Å²) in [6, 6.07) is 23.4. The first-order valence-electron chi connectivity index (χ1n) is 10.4. The summed E-state index contributed by atoms with van der Waals surface area (Å²) >= 11 is 1.75. The van der Waals surface area contributed by atoms with E-state index >= 15 is 0 Å². The van der Waals surface area contributed by atoms with Crippen molar-refractivity contribution in [1.82, 2.24) is 0 Å². The van der Waals surface area contributed by atoms with Crippen molar-refractivity contribution >= 4 is 41.1 Å². The Bertz CT molecular complexity index is 1160. The molecule has 0 radical (unpaired) electrons. The first kappa shape index (κ1) is 21.0. The lowest BCUT2D eigenvalue weighted by Gasteiger charge is -2.27. The highest BCUT2D eigenvalue weighted by atomic mass is 32.2. The normalized spacial score (nSPS) is 12.9. The van der Waals surface area contributed by atoms with Crippen LogP contribution in [-0.2, 0) is 6.42 Å². The van der Waals surface area contributed by atoms with E-state index in [2.05, 4.69) is 109 Å². The molecule has 4 heteroatoms. The Morgan fingerprint density at radius 3 is 2.58 bits per heavy atom. The number of aryl methyl sites for hydroxylation is 2. The van der Waals surface area contributed by atoms with Gasteiger partial charge < -0.3 is 10.6 Å². The monoisotopic (exact) mass is 425 g/mol. The van der Waals surface area contributed by atoms with Crippen molar-refractivity contribution in [3.05, 3.63) is 106 Å². The standard InChI is InChI=1S/C27H27N3S/c1-5-20-12-14-24(25(16-20)28-4)29-17-31-27-19(3)30-23-13-11-18(2)15-22(23)26(27)21-9-7-6-8-10-21/h6-16,29-30H,3-5,17H2,1-2H3. The number of thioether (sulfide) groups is 1. The number of nitrogens with one attached hydrogen (secondary N) is 2. The molecule has 2 N–H and O–H groups in total. The van der Waals surface area contributed by atoms with Gasteiger partial charge in [-0.15, -0.1) is 11.8 Å². The molecule has 0 bridgehead atoms. The number of hydrogen-bond donors (Lipinski definition) is 2. The van der Waals surface area contributed by atoms with Crippen LogP contribution in [0.5, 0.6) is 0 Å². The van der Waals surface area contributed by atoms with Crippen LogP contribution in [0.2, 0.25) is 0 Å². The molecule has 3 nitrogen and oxygen atoms in total. The van der Waals surface area contributed by atoms with Crippen LogP contribution in [0, 0.1) is 6.92 Å². The Hall–Kier alpha value is -3.24. The maximum atomic E-state index is 4.33.